The first-order valence-electron chi connectivity index (χ1n) is 4.77. The van der Waals surface area contributed by atoms with E-state index in [4.69, 9.17) is 9.84 Å². The Morgan fingerprint density at radius 1 is 1.60 bits per heavy atom. The molecule has 80 valence electrons. The highest BCUT2D eigenvalue weighted by atomic mass is 79.9. The number of para-hydroxylation sites is 1. The third-order valence-electron chi connectivity index (χ3n) is 2.56. The highest BCUT2D eigenvalue weighted by Crippen LogP contribution is 2.40. The summed E-state index contributed by atoms with van der Waals surface area (Å²) < 4.78 is 6.45. The minimum absolute atomic E-state index is 0.0581. The maximum Gasteiger partial charge on any atom is 0.311 e. The van der Waals surface area contributed by atoms with Gasteiger partial charge in [-0.2, -0.15) is 0 Å². The van der Waals surface area contributed by atoms with E-state index in [9.17, 15) is 4.79 Å². The van der Waals surface area contributed by atoms with E-state index in [0.29, 0.717) is 12.2 Å². The summed E-state index contributed by atoms with van der Waals surface area (Å²) in [6.07, 6.45) is 0.469. The van der Waals surface area contributed by atoms with E-state index in [1.54, 1.807) is 0 Å². The van der Waals surface area contributed by atoms with E-state index in [0.717, 1.165) is 10.0 Å². The van der Waals surface area contributed by atoms with Gasteiger partial charge in [0.05, 0.1) is 16.5 Å². The molecule has 0 saturated heterocycles. The summed E-state index contributed by atoms with van der Waals surface area (Å²) in [4.78, 5) is 11.1. The molecule has 0 amide bonds. The Morgan fingerprint density at radius 2 is 2.33 bits per heavy atom. The number of aliphatic carboxylic acids is 1. The summed E-state index contributed by atoms with van der Waals surface area (Å²) in [5.74, 6) is -0.575. The van der Waals surface area contributed by atoms with Gasteiger partial charge in [-0.3, -0.25) is 4.79 Å². The number of halogens is 1. The van der Waals surface area contributed by atoms with Crippen molar-refractivity contribution in [1.82, 2.24) is 0 Å². The molecule has 3 nitrogen and oxygen atoms in total. The number of carbonyl (C=O) groups is 1. The number of fused-ring (bicyclic) bond motifs is 1. The second-order valence-corrected chi connectivity index (χ2v) is 4.57. The van der Waals surface area contributed by atoms with Crippen LogP contribution in [0.3, 0.4) is 0 Å². The number of ether oxygens (including phenoxy) is 1. The van der Waals surface area contributed by atoms with Crippen LogP contribution in [0.5, 0.6) is 5.75 Å². The predicted octanol–water partition coefficient (Wildman–Crippen LogP) is 2.79. The maximum atomic E-state index is 11.1. The summed E-state index contributed by atoms with van der Waals surface area (Å²) >= 11 is 3.37. The molecule has 1 aliphatic heterocycles. The number of benzene rings is 1. The molecule has 0 spiro atoms. The zero-order chi connectivity index (χ0) is 11.0. The minimum Gasteiger partial charge on any atom is -0.489 e. The van der Waals surface area contributed by atoms with Gasteiger partial charge in [0.1, 0.15) is 5.75 Å². The molecule has 2 atom stereocenters. The van der Waals surface area contributed by atoms with Crippen molar-refractivity contribution in [3.63, 3.8) is 0 Å². The van der Waals surface area contributed by atoms with Gasteiger partial charge in [-0.15, -0.1) is 0 Å². The first kappa shape index (κ1) is 10.5. The van der Waals surface area contributed by atoms with Crippen LogP contribution in [0.1, 0.15) is 24.8 Å². The van der Waals surface area contributed by atoms with E-state index >= 15 is 0 Å². The number of rotatable bonds is 1. The van der Waals surface area contributed by atoms with Crippen molar-refractivity contribution in [2.24, 2.45) is 0 Å². The monoisotopic (exact) mass is 270 g/mol. The SMILES string of the molecule is CC1CC(C(=O)O)c2cccc(Br)c2O1. The third-order valence-corrected chi connectivity index (χ3v) is 3.18. The van der Waals surface area contributed by atoms with E-state index in [1.165, 1.54) is 0 Å². The fourth-order valence-electron chi connectivity index (χ4n) is 1.87. The standard InChI is InChI=1S/C11H11BrO3/c1-6-5-8(11(13)14)7-3-2-4-9(12)10(7)15-6/h2-4,6,8H,5H2,1H3,(H,13,14). The first-order valence-corrected chi connectivity index (χ1v) is 5.56. The Kier molecular flexibility index (Phi) is 2.69. The highest BCUT2D eigenvalue weighted by Gasteiger charge is 2.31. The van der Waals surface area contributed by atoms with Gasteiger partial charge in [0, 0.05) is 12.0 Å². The topological polar surface area (TPSA) is 46.5 Å². The fraction of sp³-hybridized carbons (Fsp3) is 0.364. The van der Waals surface area contributed by atoms with Crippen LogP contribution in [0, 0.1) is 0 Å². The van der Waals surface area contributed by atoms with Gasteiger partial charge in [0.15, 0.2) is 0 Å². The van der Waals surface area contributed by atoms with Crippen LogP contribution < -0.4 is 4.74 Å². The van der Waals surface area contributed by atoms with Gasteiger partial charge in [0.25, 0.3) is 0 Å². The van der Waals surface area contributed by atoms with Gasteiger partial charge in [-0.05, 0) is 28.9 Å². The molecule has 1 aromatic rings. The second kappa shape index (κ2) is 3.85. The number of hydrogen-bond acceptors (Lipinski definition) is 2. The zero-order valence-electron chi connectivity index (χ0n) is 8.24. The Hall–Kier alpha value is -1.03. The minimum atomic E-state index is -0.787. The van der Waals surface area contributed by atoms with Crippen molar-refractivity contribution in [3.05, 3.63) is 28.2 Å². The van der Waals surface area contributed by atoms with Crippen LogP contribution in [0.4, 0.5) is 0 Å². The molecule has 1 N–H and O–H groups in total. The largest absolute Gasteiger partial charge is 0.489 e. The lowest BCUT2D eigenvalue weighted by atomic mass is 9.90. The Morgan fingerprint density at radius 3 is 3.00 bits per heavy atom. The third kappa shape index (κ3) is 1.86. The molecule has 2 unspecified atom stereocenters. The number of carboxylic acids is 1. The maximum absolute atomic E-state index is 11.1. The Balaban J connectivity index is 2.51. The van der Waals surface area contributed by atoms with Crippen molar-refractivity contribution in [2.45, 2.75) is 25.4 Å². The molecule has 1 aromatic carbocycles. The van der Waals surface area contributed by atoms with Crippen molar-refractivity contribution in [3.8, 4) is 5.75 Å². The summed E-state index contributed by atoms with van der Waals surface area (Å²) in [5.41, 5.74) is 0.759. The van der Waals surface area contributed by atoms with Gasteiger partial charge in [-0.1, -0.05) is 12.1 Å². The normalized spacial score (nSPS) is 24.1. The molecule has 1 heterocycles. The molecule has 4 heteroatoms. The van der Waals surface area contributed by atoms with Crippen LogP contribution in [0.25, 0.3) is 0 Å². The van der Waals surface area contributed by atoms with Gasteiger partial charge in [-0.25, -0.2) is 0 Å². The highest BCUT2D eigenvalue weighted by molar-refractivity contribution is 9.10. The molecule has 0 aliphatic carbocycles. The van der Waals surface area contributed by atoms with Crippen molar-refractivity contribution in [2.75, 3.05) is 0 Å². The molecule has 1 aliphatic rings. The van der Waals surface area contributed by atoms with Crippen LogP contribution >= 0.6 is 15.9 Å². The molecule has 0 aromatic heterocycles. The van der Waals surface area contributed by atoms with Gasteiger partial charge in [0.2, 0.25) is 0 Å². The average molecular weight is 271 g/mol. The number of carboxylic acid groups (broad SMARTS) is 1. The smallest absolute Gasteiger partial charge is 0.311 e. The Bertz CT molecular complexity index is 403. The van der Waals surface area contributed by atoms with Crippen LogP contribution in [0.2, 0.25) is 0 Å². The average Bonchev–Trinajstić information content (AvgIpc) is 2.18. The molecule has 2 rings (SSSR count). The van der Waals surface area contributed by atoms with Gasteiger partial charge >= 0.3 is 5.97 Å². The van der Waals surface area contributed by atoms with E-state index in [1.807, 2.05) is 25.1 Å². The zero-order valence-corrected chi connectivity index (χ0v) is 9.82. The summed E-state index contributed by atoms with van der Waals surface area (Å²) in [6.45, 7) is 1.89. The molecular formula is C11H11BrO3. The number of hydrogen-bond donors (Lipinski definition) is 1. The summed E-state index contributed by atoms with van der Waals surface area (Å²) in [5, 5.41) is 9.12. The second-order valence-electron chi connectivity index (χ2n) is 3.71. The van der Waals surface area contributed by atoms with Crippen molar-refractivity contribution >= 4 is 21.9 Å². The first-order chi connectivity index (χ1) is 7.09. The van der Waals surface area contributed by atoms with Crippen LogP contribution in [0.15, 0.2) is 22.7 Å². The molecule has 15 heavy (non-hydrogen) atoms. The van der Waals surface area contributed by atoms with Crippen LogP contribution in [-0.4, -0.2) is 17.2 Å². The predicted molar refractivity (Wildman–Crippen MR) is 59.2 cm³/mol. The van der Waals surface area contributed by atoms with Crippen molar-refractivity contribution < 1.29 is 14.6 Å². The fourth-order valence-corrected chi connectivity index (χ4v) is 2.34. The molecule has 0 fully saturated rings. The Labute approximate surface area is 96.2 Å². The van der Waals surface area contributed by atoms with E-state index < -0.39 is 11.9 Å². The summed E-state index contributed by atoms with van der Waals surface area (Å²) in [7, 11) is 0. The summed E-state index contributed by atoms with van der Waals surface area (Å²) in [6, 6.07) is 5.50. The molecule has 0 saturated carbocycles. The lowest BCUT2D eigenvalue weighted by molar-refractivity contribution is -0.139. The van der Waals surface area contributed by atoms with Gasteiger partial charge < -0.3 is 9.84 Å². The lowest BCUT2D eigenvalue weighted by Gasteiger charge is -2.28. The lowest BCUT2D eigenvalue weighted by Crippen LogP contribution is -2.27. The quantitative estimate of drug-likeness (QED) is 0.854. The molecule has 0 bridgehead atoms. The van der Waals surface area contributed by atoms with E-state index in [2.05, 4.69) is 15.9 Å². The van der Waals surface area contributed by atoms with Crippen molar-refractivity contribution in [1.29, 1.82) is 0 Å². The van der Waals surface area contributed by atoms with Crippen LogP contribution in [-0.2, 0) is 4.79 Å². The van der Waals surface area contributed by atoms with E-state index in [-0.39, 0.29) is 6.10 Å². The molecule has 0 radical (unpaired) electrons. The molecular weight excluding hydrogens is 260 g/mol.